The molecule has 0 aromatic heterocycles. The van der Waals surface area contributed by atoms with Gasteiger partial charge in [-0.05, 0) is 71.9 Å². The molecule has 1 aliphatic carbocycles. The highest BCUT2D eigenvalue weighted by molar-refractivity contribution is 6.39. The summed E-state index contributed by atoms with van der Waals surface area (Å²) in [6.45, 7) is 11.4. The summed E-state index contributed by atoms with van der Waals surface area (Å²) in [7, 11) is 0. The van der Waals surface area contributed by atoms with E-state index < -0.39 is 35.3 Å². The Morgan fingerprint density at radius 2 is 1.67 bits per heavy atom. The topological polar surface area (TPSA) is 129 Å². The first-order valence-corrected chi connectivity index (χ1v) is 16.4. The van der Waals surface area contributed by atoms with E-state index in [1.54, 1.807) is 17.0 Å². The molecule has 1 saturated carbocycles. The fraction of sp³-hybridized carbons (Fsp3) is 0.656. The SMILES string of the molecule is C[C@@H]1CN(C2CC(OC3CCN(C(=O)OC(C)(C)C)CC3)C2)CCN1c1ccc2c(c1Cl)C(=O)N(C1CCC(=O)NC1=O)C2=O. The minimum atomic E-state index is -1.03. The number of hydrogen-bond acceptors (Lipinski definition) is 9. The quantitative estimate of drug-likeness (QED) is 0.481. The lowest BCUT2D eigenvalue weighted by molar-refractivity contribution is -0.136. The van der Waals surface area contributed by atoms with E-state index in [9.17, 15) is 24.0 Å². The molecule has 45 heavy (non-hydrogen) atoms. The zero-order valence-corrected chi connectivity index (χ0v) is 27.1. The van der Waals surface area contributed by atoms with Gasteiger partial charge in [0, 0.05) is 51.2 Å². The van der Waals surface area contributed by atoms with Crippen molar-refractivity contribution >= 4 is 47.0 Å². The molecular weight excluding hydrogens is 602 g/mol. The van der Waals surface area contributed by atoms with E-state index in [0.717, 1.165) is 43.7 Å². The van der Waals surface area contributed by atoms with Gasteiger partial charge >= 0.3 is 6.09 Å². The highest BCUT2D eigenvalue weighted by Crippen LogP contribution is 2.40. The summed E-state index contributed by atoms with van der Waals surface area (Å²) >= 11 is 6.83. The third-order valence-electron chi connectivity index (χ3n) is 9.56. The van der Waals surface area contributed by atoms with Crippen molar-refractivity contribution in [3.8, 4) is 0 Å². The first-order chi connectivity index (χ1) is 21.3. The number of fused-ring (bicyclic) bond motifs is 1. The Kier molecular flexibility index (Phi) is 8.60. The summed E-state index contributed by atoms with van der Waals surface area (Å²) in [5.41, 5.74) is 0.499. The van der Waals surface area contributed by atoms with Gasteiger partial charge in [0.05, 0.1) is 34.0 Å². The van der Waals surface area contributed by atoms with Crippen molar-refractivity contribution in [1.29, 1.82) is 0 Å². The second kappa shape index (κ2) is 12.2. The summed E-state index contributed by atoms with van der Waals surface area (Å²) in [5.74, 6) is -2.22. The van der Waals surface area contributed by atoms with E-state index in [-0.39, 0.29) is 53.3 Å². The molecule has 2 atom stereocenters. The first kappa shape index (κ1) is 31.7. The third-order valence-corrected chi connectivity index (χ3v) is 9.94. The van der Waals surface area contributed by atoms with E-state index >= 15 is 0 Å². The number of carbonyl (C=O) groups excluding carboxylic acids is 5. The average molecular weight is 644 g/mol. The number of nitrogens with one attached hydrogen (secondary N) is 1. The van der Waals surface area contributed by atoms with Crippen LogP contribution in [0.3, 0.4) is 0 Å². The molecule has 6 rings (SSSR count). The Morgan fingerprint density at radius 3 is 2.31 bits per heavy atom. The number of imide groups is 2. The van der Waals surface area contributed by atoms with Gasteiger partial charge in [-0.2, -0.15) is 0 Å². The molecule has 4 aliphatic heterocycles. The zero-order valence-electron chi connectivity index (χ0n) is 26.3. The molecule has 244 valence electrons. The zero-order chi connectivity index (χ0) is 32.2. The maximum absolute atomic E-state index is 13.4. The van der Waals surface area contributed by atoms with Gasteiger partial charge in [0.15, 0.2) is 0 Å². The van der Waals surface area contributed by atoms with Gasteiger partial charge in [-0.25, -0.2) is 4.79 Å². The number of anilines is 1. The fourth-order valence-electron chi connectivity index (χ4n) is 7.12. The summed E-state index contributed by atoms with van der Waals surface area (Å²) in [4.78, 5) is 70.4. The second-order valence-electron chi connectivity index (χ2n) is 13.9. The molecule has 1 unspecified atom stereocenters. The van der Waals surface area contributed by atoms with Crippen molar-refractivity contribution in [2.24, 2.45) is 0 Å². The molecule has 5 aliphatic rings. The van der Waals surface area contributed by atoms with E-state index in [4.69, 9.17) is 21.1 Å². The van der Waals surface area contributed by atoms with Crippen LogP contribution in [0.4, 0.5) is 10.5 Å². The summed E-state index contributed by atoms with van der Waals surface area (Å²) in [6, 6.07) is 2.93. The molecule has 0 spiro atoms. The van der Waals surface area contributed by atoms with Crippen molar-refractivity contribution in [2.45, 2.75) is 102 Å². The molecule has 1 aromatic carbocycles. The van der Waals surface area contributed by atoms with Crippen LogP contribution in [0.5, 0.6) is 0 Å². The van der Waals surface area contributed by atoms with Crippen LogP contribution in [-0.4, -0.2) is 113 Å². The number of amides is 5. The van der Waals surface area contributed by atoms with Crippen molar-refractivity contribution in [1.82, 2.24) is 20.0 Å². The molecule has 3 saturated heterocycles. The van der Waals surface area contributed by atoms with Gasteiger partial charge in [0.2, 0.25) is 11.8 Å². The summed E-state index contributed by atoms with van der Waals surface area (Å²) in [5, 5.41) is 2.44. The number of ether oxygens (including phenoxy) is 2. The number of likely N-dealkylation sites (tertiary alicyclic amines) is 1. The minimum Gasteiger partial charge on any atom is -0.444 e. The van der Waals surface area contributed by atoms with E-state index in [0.29, 0.717) is 31.4 Å². The van der Waals surface area contributed by atoms with Crippen LogP contribution in [0.25, 0.3) is 0 Å². The number of hydrogen-bond donors (Lipinski definition) is 1. The molecule has 1 aromatic rings. The number of benzene rings is 1. The van der Waals surface area contributed by atoms with Gasteiger partial charge in [-0.3, -0.25) is 34.3 Å². The van der Waals surface area contributed by atoms with Crippen molar-refractivity contribution in [3.05, 3.63) is 28.3 Å². The molecule has 1 N–H and O–H groups in total. The fourth-order valence-corrected chi connectivity index (χ4v) is 7.48. The molecule has 12 nitrogen and oxygen atoms in total. The normalized spacial score (nSPS) is 28.2. The van der Waals surface area contributed by atoms with Gasteiger partial charge in [-0.15, -0.1) is 0 Å². The lowest BCUT2D eigenvalue weighted by Gasteiger charge is -2.50. The maximum atomic E-state index is 13.4. The minimum absolute atomic E-state index is 0.0631. The van der Waals surface area contributed by atoms with Crippen LogP contribution >= 0.6 is 11.6 Å². The standard InChI is InChI=1S/C32H42ClN5O7/c1-18-17-36(19-15-21(16-19)44-20-9-11-35(12-10-20)31(43)45-32(2,3)4)13-14-37(18)23-6-5-22-26(27(23)33)30(42)38(29(22)41)24-7-8-25(39)34-28(24)40/h5-6,18-21,24H,7-17H2,1-4H3,(H,34,39,40)/t18-,19?,21?,24?/m1/s1. The van der Waals surface area contributed by atoms with E-state index in [1.165, 1.54) is 0 Å². The van der Waals surface area contributed by atoms with Crippen LogP contribution in [0.1, 0.15) is 86.9 Å². The van der Waals surface area contributed by atoms with E-state index in [1.807, 2.05) is 20.8 Å². The van der Waals surface area contributed by atoms with Crippen LogP contribution in [0, 0.1) is 0 Å². The largest absolute Gasteiger partial charge is 0.444 e. The van der Waals surface area contributed by atoms with Gasteiger partial charge in [0.25, 0.3) is 11.8 Å². The van der Waals surface area contributed by atoms with Gasteiger partial charge < -0.3 is 19.3 Å². The van der Waals surface area contributed by atoms with Crippen molar-refractivity contribution in [2.75, 3.05) is 37.6 Å². The highest BCUT2D eigenvalue weighted by Gasteiger charge is 2.47. The van der Waals surface area contributed by atoms with Crippen LogP contribution < -0.4 is 10.2 Å². The lowest BCUT2D eigenvalue weighted by Crippen LogP contribution is -2.59. The summed E-state index contributed by atoms with van der Waals surface area (Å²) in [6.07, 6.45) is 3.88. The molecule has 4 fully saturated rings. The average Bonchev–Trinajstić information content (AvgIpc) is 3.20. The Labute approximate surface area is 268 Å². The molecule has 0 bridgehead atoms. The number of piperazine rings is 1. The molecule has 5 amide bonds. The molecule has 13 heteroatoms. The third kappa shape index (κ3) is 6.29. The van der Waals surface area contributed by atoms with Gasteiger partial charge in [0.1, 0.15) is 11.6 Å². The molecule has 0 radical (unpaired) electrons. The first-order valence-electron chi connectivity index (χ1n) is 16.0. The number of nitrogens with zero attached hydrogens (tertiary/aromatic N) is 4. The predicted molar refractivity (Wildman–Crippen MR) is 165 cm³/mol. The predicted octanol–water partition coefficient (Wildman–Crippen LogP) is 3.20. The Balaban J connectivity index is 1.00. The Morgan fingerprint density at radius 1 is 0.956 bits per heavy atom. The van der Waals surface area contributed by atoms with Crippen molar-refractivity contribution < 1.29 is 33.4 Å². The van der Waals surface area contributed by atoms with E-state index in [2.05, 4.69) is 22.0 Å². The molecular formula is C32H42ClN5O7. The number of halogens is 1. The smallest absolute Gasteiger partial charge is 0.410 e. The van der Waals surface area contributed by atoms with Crippen LogP contribution in [-0.2, 0) is 19.1 Å². The van der Waals surface area contributed by atoms with Crippen LogP contribution in [0.15, 0.2) is 12.1 Å². The number of carbonyl (C=O) groups is 5. The van der Waals surface area contributed by atoms with Crippen LogP contribution in [0.2, 0.25) is 5.02 Å². The maximum Gasteiger partial charge on any atom is 0.410 e. The monoisotopic (exact) mass is 643 g/mol. The number of piperidine rings is 2. The Bertz CT molecular complexity index is 1400. The number of rotatable bonds is 5. The summed E-state index contributed by atoms with van der Waals surface area (Å²) < 4.78 is 11.9. The van der Waals surface area contributed by atoms with Gasteiger partial charge in [-0.1, -0.05) is 11.6 Å². The lowest BCUT2D eigenvalue weighted by atomic mass is 9.86. The van der Waals surface area contributed by atoms with Crippen molar-refractivity contribution in [3.63, 3.8) is 0 Å². The second-order valence-corrected chi connectivity index (χ2v) is 14.2. The highest BCUT2D eigenvalue weighted by atomic mass is 35.5. The Hall–Kier alpha value is -3.22. The molecule has 4 heterocycles.